The van der Waals surface area contributed by atoms with E-state index in [1.165, 1.54) is 12.1 Å². The number of hydrogen-bond donors (Lipinski definition) is 3. The number of carbonyl (C=O) groups excluding carboxylic acids is 1. The summed E-state index contributed by atoms with van der Waals surface area (Å²) >= 11 is 0. The molecule has 0 atom stereocenters. The van der Waals surface area contributed by atoms with Gasteiger partial charge in [-0.3, -0.25) is 4.79 Å². The second-order valence-corrected chi connectivity index (χ2v) is 4.95. The SMILES string of the molecule is N#CC1(NC(=O)c2cc(O)cc(O)c2)CCCCC1. The van der Waals surface area contributed by atoms with E-state index in [4.69, 9.17) is 0 Å². The summed E-state index contributed by atoms with van der Waals surface area (Å²) in [4.78, 5) is 12.1. The average Bonchev–Trinajstić information content (AvgIpc) is 2.38. The zero-order valence-electron chi connectivity index (χ0n) is 10.5. The predicted octanol–water partition coefficient (Wildman–Crippen LogP) is 2.05. The number of benzene rings is 1. The summed E-state index contributed by atoms with van der Waals surface area (Å²) in [6.07, 6.45) is 4.19. The van der Waals surface area contributed by atoms with Crippen LogP contribution in [0.15, 0.2) is 18.2 Å². The number of hydrogen-bond acceptors (Lipinski definition) is 4. The van der Waals surface area contributed by atoms with Crippen molar-refractivity contribution in [3.05, 3.63) is 23.8 Å². The highest BCUT2D eigenvalue weighted by atomic mass is 16.3. The van der Waals surface area contributed by atoms with Crippen LogP contribution in [0.4, 0.5) is 0 Å². The quantitative estimate of drug-likeness (QED) is 0.758. The minimum Gasteiger partial charge on any atom is -0.508 e. The zero-order valence-corrected chi connectivity index (χ0v) is 10.5. The van der Waals surface area contributed by atoms with Crippen molar-refractivity contribution < 1.29 is 15.0 Å². The molecule has 1 aromatic carbocycles. The number of aromatic hydroxyl groups is 2. The molecule has 1 saturated carbocycles. The van der Waals surface area contributed by atoms with Crippen LogP contribution in [-0.2, 0) is 0 Å². The Hall–Kier alpha value is -2.22. The fraction of sp³-hybridized carbons (Fsp3) is 0.429. The van der Waals surface area contributed by atoms with Gasteiger partial charge in [0, 0.05) is 11.6 Å². The number of nitriles is 1. The molecule has 1 fully saturated rings. The molecular formula is C14H16N2O3. The molecule has 0 heterocycles. The summed E-state index contributed by atoms with van der Waals surface area (Å²) < 4.78 is 0. The topological polar surface area (TPSA) is 93.4 Å². The summed E-state index contributed by atoms with van der Waals surface area (Å²) in [5, 5.41) is 30.7. The van der Waals surface area contributed by atoms with Crippen molar-refractivity contribution in [1.82, 2.24) is 5.32 Å². The van der Waals surface area contributed by atoms with Crippen LogP contribution in [-0.4, -0.2) is 21.7 Å². The Balaban J connectivity index is 2.18. The van der Waals surface area contributed by atoms with E-state index in [9.17, 15) is 20.3 Å². The number of phenolic OH excluding ortho intramolecular Hbond substituents is 2. The molecule has 2 rings (SSSR count). The molecule has 1 aliphatic rings. The van der Waals surface area contributed by atoms with E-state index in [-0.39, 0.29) is 17.1 Å². The van der Waals surface area contributed by atoms with Gasteiger partial charge in [0.2, 0.25) is 0 Å². The molecule has 5 heteroatoms. The summed E-state index contributed by atoms with van der Waals surface area (Å²) in [7, 11) is 0. The smallest absolute Gasteiger partial charge is 0.252 e. The standard InChI is InChI=1S/C14H16N2O3/c15-9-14(4-2-1-3-5-14)16-13(19)10-6-11(17)8-12(18)7-10/h6-8,17-18H,1-5H2,(H,16,19). The number of rotatable bonds is 2. The van der Waals surface area contributed by atoms with Gasteiger partial charge in [-0.05, 0) is 25.0 Å². The molecule has 0 bridgehead atoms. The van der Waals surface area contributed by atoms with Crippen molar-refractivity contribution in [2.75, 3.05) is 0 Å². The first-order valence-electron chi connectivity index (χ1n) is 6.31. The first kappa shape index (κ1) is 13.2. The van der Waals surface area contributed by atoms with Crippen LogP contribution < -0.4 is 5.32 Å². The molecule has 0 unspecified atom stereocenters. The van der Waals surface area contributed by atoms with Crippen molar-refractivity contribution in [2.24, 2.45) is 0 Å². The molecule has 1 amide bonds. The van der Waals surface area contributed by atoms with Gasteiger partial charge in [0.1, 0.15) is 17.0 Å². The molecule has 1 aromatic rings. The van der Waals surface area contributed by atoms with E-state index in [0.717, 1.165) is 25.3 Å². The van der Waals surface area contributed by atoms with Crippen molar-refractivity contribution in [3.8, 4) is 17.6 Å². The molecule has 0 aromatic heterocycles. The maximum atomic E-state index is 12.1. The van der Waals surface area contributed by atoms with Crippen molar-refractivity contribution in [1.29, 1.82) is 5.26 Å². The second-order valence-electron chi connectivity index (χ2n) is 4.95. The van der Waals surface area contributed by atoms with Crippen LogP contribution in [0.1, 0.15) is 42.5 Å². The van der Waals surface area contributed by atoms with Gasteiger partial charge in [-0.15, -0.1) is 0 Å². The first-order valence-corrected chi connectivity index (χ1v) is 6.31. The van der Waals surface area contributed by atoms with Crippen molar-refractivity contribution in [2.45, 2.75) is 37.6 Å². The van der Waals surface area contributed by atoms with Gasteiger partial charge < -0.3 is 15.5 Å². The number of nitrogens with zero attached hydrogens (tertiary/aromatic N) is 1. The molecule has 100 valence electrons. The van der Waals surface area contributed by atoms with Gasteiger partial charge in [-0.1, -0.05) is 19.3 Å². The van der Waals surface area contributed by atoms with E-state index >= 15 is 0 Å². The third-order valence-corrected chi connectivity index (χ3v) is 3.44. The maximum Gasteiger partial charge on any atom is 0.252 e. The largest absolute Gasteiger partial charge is 0.508 e. The van der Waals surface area contributed by atoms with Crippen LogP contribution in [0.5, 0.6) is 11.5 Å². The van der Waals surface area contributed by atoms with Gasteiger partial charge >= 0.3 is 0 Å². The van der Waals surface area contributed by atoms with Gasteiger partial charge in [-0.25, -0.2) is 0 Å². The average molecular weight is 260 g/mol. The lowest BCUT2D eigenvalue weighted by Crippen LogP contribution is -2.48. The van der Waals surface area contributed by atoms with Gasteiger partial charge in [0.05, 0.1) is 6.07 Å². The molecule has 19 heavy (non-hydrogen) atoms. The first-order chi connectivity index (χ1) is 9.04. The molecule has 0 aliphatic heterocycles. The number of amides is 1. The van der Waals surface area contributed by atoms with E-state index in [1.807, 2.05) is 0 Å². The van der Waals surface area contributed by atoms with Crippen molar-refractivity contribution >= 4 is 5.91 Å². The Kier molecular flexibility index (Phi) is 3.61. The molecule has 0 radical (unpaired) electrons. The fourth-order valence-electron chi connectivity index (χ4n) is 2.44. The van der Waals surface area contributed by atoms with E-state index in [0.29, 0.717) is 12.8 Å². The monoisotopic (exact) mass is 260 g/mol. The van der Waals surface area contributed by atoms with Crippen LogP contribution in [0, 0.1) is 11.3 Å². The van der Waals surface area contributed by atoms with Crippen LogP contribution >= 0.6 is 0 Å². The predicted molar refractivity (Wildman–Crippen MR) is 68.7 cm³/mol. The van der Waals surface area contributed by atoms with E-state index < -0.39 is 11.4 Å². The van der Waals surface area contributed by atoms with Crippen LogP contribution in [0.2, 0.25) is 0 Å². The van der Waals surface area contributed by atoms with E-state index in [1.54, 1.807) is 0 Å². The lowest BCUT2D eigenvalue weighted by molar-refractivity contribution is 0.0902. The van der Waals surface area contributed by atoms with Crippen molar-refractivity contribution in [3.63, 3.8) is 0 Å². The third-order valence-electron chi connectivity index (χ3n) is 3.44. The van der Waals surface area contributed by atoms with Gasteiger partial charge in [0.15, 0.2) is 0 Å². The second kappa shape index (κ2) is 5.19. The number of phenols is 2. The summed E-state index contributed by atoms with van der Waals surface area (Å²) in [5.41, 5.74) is -0.672. The maximum absolute atomic E-state index is 12.1. The highest BCUT2D eigenvalue weighted by Gasteiger charge is 2.33. The minimum absolute atomic E-state index is 0.151. The Morgan fingerprint density at radius 1 is 1.16 bits per heavy atom. The fourth-order valence-corrected chi connectivity index (χ4v) is 2.44. The summed E-state index contributed by atoms with van der Waals surface area (Å²) in [6.45, 7) is 0. The highest BCUT2D eigenvalue weighted by molar-refractivity contribution is 5.95. The van der Waals surface area contributed by atoms with Gasteiger partial charge in [0.25, 0.3) is 5.91 Å². The van der Waals surface area contributed by atoms with Crippen LogP contribution in [0.25, 0.3) is 0 Å². The highest BCUT2D eigenvalue weighted by Crippen LogP contribution is 2.28. The lowest BCUT2D eigenvalue weighted by Gasteiger charge is -2.31. The molecule has 1 aliphatic carbocycles. The van der Waals surface area contributed by atoms with Gasteiger partial charge in [-0.2, -0.15) is 5.26 Å². The zero-order chi connectivity index (χ0) is 13.9. The molecule has 0 spiro atoms. The third kappa shape index (κ3) is 2.97. The summed E-state index contributed by atoms with van der Waals surface area (Å²) in [5.74, 6) is -0.811. The number of nitrogens with one attached hydrogen (secondary N) is 1. The molecule has 5 nitrogen and oxygen atoms in total. The lowest BCUT2D eigenvalue weighted by atomic mass is 9.82. The van der Waals surface area contributed by atoms with Crippen LogP contribution in [0.3, 0.4) is 0 Å². The normalized spacial score (nSPS) is 17.4. The molecular weight excluding hydrogens is 244 g/mol. The Morgan fingerprint density at radius 2 is 1.74 bits per heavy atom. The number of carbonyl (C=O) groups is 1. The molecule has 0 saturated heterocycles. The Labute approximate surface area is 111 Å². The Bertz CT molecular complexity index is 508. The summed E-state index contributed by atoms with van der Waals surface area (Å²) in [6, 6.07) is 5.87. The minimum atomic E-state index is -0.823. The molecule has 3 N–H and O–H groups in total. The van der Waals surface area contributed by atoms with E-state index in [2.05, 4.69) is 11.4 Å². The Morgan fingerprint density at radius 3 is 2.26 bits per heavy atom.